The first-order valence-electron chi connectivity index (χ1n) is 12.4. The van der Waals surface area contributed by atoms with Gasteiger partial charge in [-0.2, -0.15) is 0 Å². The van der Waals surface area contributed by atoms with Crippen molar-refractivity contribution < 1.29 is 17.9 Å². The lowest BCUT2D eigenvalue weighted by Gasteiger charge is -2.57. The van der Waals surface area contributed by atoms with Crippen molar-refractivity contribution in [2.24, 2.45) is 23.2 Å². The lowest BCUT2D eigenvalue weighted by Crippen LogP contribution is -2.47. The van der Waals surface area contributed by atoms with Crippen molar-refractivity contribution in [1.29, 1.82) is 0 Å². The fourth-order valence-corrected chi connectivity index (χ4v) is 8.21. The number of amides is 1. The highest BCUT2D eigenvalue weighted by molar-refractivity contribution is 7.89. The van der Waals surface area contributed by atoms with Crippen molar-refractivity contribution in [1.82, 2.24) is 9.62 Å². The predicted octanol–water partition coefficient (Wildman–Crippen LogP) is 3.11. The molecule has 6 rings (SSSR count). The second-order valence-electron chi connectivity index (χ2n) is 11.0. The Morgan fingerprint density at radius 1 is 1.09 bits per heavy atom. The average molecular weight is 476 g/mol. The highest BCUT2D eigenvalue weighted by Crippen LogP contribution is 2.61. The summed E-state index contributed by atoms with van der Waals surface area (Å²) in [6, 6.07) is 4.92. The van der Waals surface area contributed by atoms with Crippen LogP contribution in [0.1, 0.15) is 55.3 Å². The molecule has 5 aliphatic rings. The number of ether oxygens (including phenoxy) is 1. The maximum Gasteiger partial charge on any atom is 0.253 e. The monoisotopic (exact) mass is 475 g/mol. The van der Waals surface area contributed by atoms with Crippen molar-refractivity contribution in [2.45, 2.75) is 49.8 Å². The van der Waals surface area contributed by atoms with E-state index in [1.54, 1.807) is 18.2 Å². The molecule has 0 unspecified atom stereocenters. The van der Waals surface area contributed by atoms with Gasteiger partial charge in [-0.25, -0.2) is 12.7 Å². The maximum atomic E-state index is 13.4. The third-order valence-corrected chi connectivity index (χ3v) is 10.3. The van der Waals surface area contributed by atoms with E-state index in [0.717, 1.165) is 29.9 Å². The Labute approximate surface area is 197 Å². The van der Waals surface area contributed by atoms with E-state index < -0.39 is 10.0 Å². The zero-order valence-electron chi connectivity index (χ0n) is 19.9. The smallest absolute Gasteiger partial charge is 0.253 e. The van der Waals surface area contributed by atoms with Crippen molar-refractivity contribution >= 4 is 21.6 Å². The molecule has 4 bridgehead atoms. The molecule has 1 amide bonds. The summed E-state index contributed by atoms with van der Waals surface area (Å²) in [7, 11) is -0.601. The van der Waals surface area contributed by atoms with Crippen LogP contribution in [-0.2, 0) is 14.8 Å². The number of hydrogen-bond donors (Lipinski definition) is 1. The van der Waals surface area contributed by atoms with Gasteiger partial charge in [-0.3, -0.25) is 4.79 Å². The van der Waals surface area contributed by atoms with Gasteiger partial charge in [0.15, 0.2) is 0 Å². The molecule has 1 aromatic carbocycles. The number of nitrogens with zero attached hydrogens (tertiary/aromatic N) is 2. The van der Waals surface area contributed by atoms with E-state index in [-0.39, 0.29) is 10.8 Å². The number of hydrogen-bond acceptors (Lipinski definition) is 5. The van der Waals surface area contributed by atoms with Crippen LogP contribution in [0.15, 0.2) is 23.1 Å². The van der Waals surface area contributed by atoms with Crippen molar-refractivity contribution in [3.8, 4) is 0 Å². The van der Waals surface area contributed by atoms with E-state index in [2.05, 4.69) is 10.2 Å². The van der Waals surface area contributed by atoms with Gasteiger partial charge in [-0.1, -0.05) is 0 Å². The van der Waals surface area contributed by atoms with E-state index in [1.807, 2.05) is 0 Å². The van der Waals surface area contributed by atoms with Crippen molar-refractivity contribution in [3.05, 3.63) is 23.8 Å². The third kappa shape index (κ3) is 4.54. The van der Waals surface area contributed by atoms with Crippen molar-refractivity contribution in [3.63, 3.8) is 0 Å². The molecule has 0 atom stereocenters. The number of nitrogens with one attached hydrogen (secondary N) is 1. The third-order valence-electron chi connectivity index (χ3n) is 8.45. The van der Waals surface area contributed by atoms with E-state index in [1.165, 1.54) is 56.9 Å². The Bertz CT molecular complexity index is 966. The average Bonchev–Trinajstić information content (AvgIpc) is 2.78. The summed E-state index contributed by atoms with van der Waals surface area (Å²) < 4.78 is 32.1. The summed E-state index contributed by atoms with van der Waals surface area (Å²) in [5.41, 5.74) is 1.62. The van der Waals surface area contributed by atoms with Crippen LogP contribution in [-0.4, -0.2) is 65.6 Å². The van der Waals surface area contributed by atoms with Gasteiger partial charge in [0.1, 0.15) is 0 Å². The summed E-state index contributed by atoms with van der Waals surface area (Å²) in [6.07, 6.45) is 9.26. The molecule has 4 aliphatic carbocycles. The largest absolute Gasteiger partial charge is 0.378 e. The molecule has 1 aliphatic heterocycles. The second kappa shape index (κ2) is 8.86. The van der Waals surface area contributed by atoms with Crippen LogP contribution >= 0.6 is 0 Å². The molecule has 0 radical (unpaired) electrons. The van der Waals surface area contributed by atoms with Gasteiger partial charge in [-0.05, 0) is 86.3 Å². The van der Waals surface area contributed by atoms with Gasteiger partial charge in [0.2, 0.25) is 10.0 Å². The molecule has 8 heteroatoms. The van der Waals surface area contributed by atoms with Gasteiger partial charge in [0.25, 0.3) is 5.91 Å². The van der Waals surface area contributed by atoms with Gasteiger partial charge < -0.3 is 15.0 Å². The quantitative estimate of drug-likeness (QED) is 0.656. The van der Waals surface area contributed by atoms with E-state index in [9.17, 15) is 13.2 Å². The minimum Gasteiger partial charge on any atom is -0.378 e. The molecule has 1 N–H and O–H groups in total. The molecular formula is C25H37N3O4S. The molecule has 5 fully saturated rings. The van der Waals surface area contributed by atoms with Crippen LogP contribution in [0.2, 0.25) is 0 Å². The number of benzene rings is 1. The second-order valence-corrected chi connectivity index (χ2v) is 13.1. The predicted molar refractivity (Wildman–Crippen MR) is 128 cm³/mol. The first kappa shape index (κ1) is 23.1. The molecule has 7 nitrogen and oxygen atoms in total. The highest BCUT2D eigenvalue weighted by Gasteiger charge is 2.50. The summed E-state index contributed by atoms with van der Waals surface area (Å²) in [5, 5.41) is 3.16. The molecular weight excluding hydrogens is 438 g/mol. The van der Waals surface area contributed by atoms with E-state index in [4.69, 9.17) is 4.74 Å². The minimum absolute atomic E-state index is 0.149. The van der Waals surface area contributed by atoms with Gasteiger partial charge in [0.05, 0.1) is 23.7 Å². The Hall–Kier alpha value is -1.64. The summed E-state index contributed by atoms with van der Waals surface area (Å²) in [6.45, 7) is 3.23. The topological polar surface area (TPSA) is 79.0 Å². The number of carbonyl (C=O) groups excluding carboxylic acids is 1. The Balaban J connectivity index is 1.33. The molecule has 1 aromatic rings. The minimum atomic E-state index is -3.62. The molecule has 1 saturated heterocycles. The standard InChI is InChI=1S/C25H37N3O4S/c1-27(2)33(30,31)21-3-4-23(28-7-9-32-10-8-28)22(14-21)24(29)26-6-5-25-15-18-11-19(16-25)13-20(12-18)17-25/h3-4,14,18-20H,5-13,15-17H2,1-2H3,(H,26,29). The Morgan fingerprint density at radius 3 is 2.27 bits per heavy atom. The normalized spacial score (nSPS) is 31.2. The molecule has 0 spiro atoms. The summed E-state index contributed by atoms with van der Waals surface area (Å²) in [4.78, 5) is 15.6. The number of morpholine rings is 1. The van der Waals surface area contributed by atoms with Crippen LogP contribution in [0.3, 0.4) is 0 Å². The van der Waals surface area contributed by atoms with E-state index in [0.29, 0.717) is 43.8 Å². The first-order chi connectivity index (χ1) is 15.8. The van der Waals surface area contributed by atoms with Crippen LogP contribution in [0.4, 0.5) is 5.69 Å². The highest BCUT2D eigenvalue weighted by atomic mass is 32.2. The number of sulfonamides is 1. The number of carbonyl (C=O) groups is 1. The SMILES string of the molecule is CN(C)S(=O)(=O)c1ccc(N2CCOCC2)c(C(=O)NCCC23CC4CC(CC(C4)C2)C3)c1. The first-order valence-corrected chi connectivity index (χ1v) is 13.9. The van der Waals surface area contributed by atoms with Gasteiger partial charge in [0, 0.05) is 39.4 Å². The molecule has 4 saturated carbocycles. The maximum absolute atomic E-state index is 13.4. The number of rotatable bonds is 7. The molecule has 33 heavy (non-hydrogen) atoms. The molecule has 182 valence electrons. The van der Waals surface area contributed by atoms with Gasteiger partial charge >= 0.3 is 0 Å². The van der Waals surface area contributed by atoms with Crippen LogP contribution in [0, 0.1) is 23.2 Å². The fourth-order valence-electron chi connectivity index (χ4n) is 7.28. The molecule has 0 aromatic heterocycles. The zero-order valence-corrected chi connectivity index (χ0v) is 20.7. The van der Waals surface area contributed by atoms with Crippen LogP contribution in [0.25, 0.3) is 0 Å². The fraction of sp³-hybridized carbons (Fsp3) is 0.720. The summed E-state index contributed by atoms with van der Waals surface area (Å²) in [5.74, 6) is 2.51. The Kier molecular flexibility index (Phi) is 6.20. The summed E-state index contributed by atoms with van der Waals surface area (Å²) >= 11 is 0. The zero-order chi connectivity index (χ0) is 23.2. The lowest BCUT2D eigenvalue weighted by molar-refractivity contribution is -0.0564. The van der Waals surface area contributed by atoms with Crippen LogP contribution < -0.4 is 10.2 Å². The number of anilines is 1. The molecule has 1 heterocycles. The lowest BCUT2D eigenvalue weighted by atomic mass is 9.49. The van der Waals surface area contributed by atoms with Crippen molar-refractivity contribution in [2.75, 3.05) is 51.8 Å². The van der Waals surface area contributed by atoms with Gasteiger partial charge in [-0.15, -0.1) is 0 Å². The van der Waals surface area contributed by atoms with Crippen LogP contribution in [0.5, 0.6) is 0 Å². The van der Waals surface area contributed by atoms with E-state index >= 15 is 0 Å². The Morgan fingerprint density at radius 2 is 1.70 bits per heavy atom.